The maximum absolute atomic E-state index is 16.3. The highest BCUT2D eigenvalue weighted by atomic mass is 19.1. The molecule has 23 heteroatoms. The highest BCUT2D eigenvalue weighted by molar-refractivity contribution is 6.24. The number of nitrogens with one attached hydrogen (secondary N) is 2. The molecule has 5 bridgehead atoms. The molecule has 1 unspecified atom stereocenters. The lowest BCUT2D eigenvalue weighted by atomic mass is 9.81. The second-order valence-corrected chi connectivity index (χ2v) is 24.3. The van der Waals surface area contributed by atoms with Gasteiger partial charge in [0, 0.05) is 112 Å². The fourth-order valence-corrected chi connectivity index (χ4v) is 13.0. The average Bonchev–Trinajstić information content (AvgIpc) is 1.40. The Hall–Kier alpha value is -7.73. The topological polar surface area (TPSA) is 301 Å². The number of ketones is 1. The van der Waals surface area contributed by atoms with Gasteiger partial charge in [0.05, 0.1) is 71.0 Å². The molecule has 1 aromatic heterocycles. The number of aromatic carboxylic acids is 1. The van der Waals surface area contributed by atoms with Gasteiger partial charge in [-0.1, -0.05) is 39.0 Å². The number of pyridine rings is 1. The molecule has 2 aliphatic carbocycles. The van der Waals surface area contributed by atoms with Crippen LogP contribution in [0.4, 0.5) is 15.8 Å². The molecule has 6 heterocycles. The van der Waals surface area contributed by atoms with Crippen molar-refractivity contribution in [2.75, 3.05) is 50.6 Å². The number of methoxy groups -OCH3 is 2. The van der Waals surface area contributed by atoms with Gasteiger partial charge in [-0.25, -0.2) is 9.18 Å². The monoisotopic (exact) mass is 1190 g/mol. The van der Waals surface area contributed by atoms with Gasteiger partial charge < -0.3 is 74.4 Å². The van der Waals surface area contributed by atoms with Crippen LogP contribution in [0.3, 0.4) is 0 Å². The van der Waals surface area contributed by atoms with E-state index in [0.717, 1.165) is 38.2 Å². The Labute approximate surface area is 496 Å². The molecule has 11 rings (SSSR count). The van der Waals surface area contributed by atoms with E-state index in [1.807, 2.05) is 4.90 Å². The molecule has 86 heavy (non-hydrogen) atoms. The quantitative estimate of drug-likeness (QED) is 0.0313. The number of carboxylic acid groups (broad SMARTS) is 1. The number of phenols is 3. The zero-order valence-electron chi connectivity index (χ0n) is 49.8. The van der Waals surface area contributed by atoms with Gasteiger partial charge in [-0.15, -0.1) is 0 Å². The number of benzene rings is 3. The van der Waals surface area contributed by atoms with Crippen molar-refractivity contribution in [2.45, 2.75) is 148 Å². The number of carboxylic acids is 1. The fraction of sp³-hybridized carbons (Fsp3) is 0.524. The molecule has 8 N–H and O–H groups in total. The van der Waals surface area contributed by atoms with Crippen LogP contribution in [-0.2, 0) is 23.8 Å². The Morgan fingerprint density at radius 2 is 1.64 bits per heavy atom. The molecule has 4 fully saturated rings. The zero-order chi connectivity index (χ0) is 62.0. The first-order chi connectivity index (χ1) is 40.8. The SMILES string of the molecule is COc1c(N2CCC(C3(NC4CCN(/N=C/c5c6c(O)c7c(O)c(C)c8c(c7c5O)C(=O)[C@@](C)(O/C=C/[C@H](OC)C[C@@H](OC(C)=O)[C@H](C)[C@H](O)[C@H](C)[C@@H](O)[C@@H](C)/C=C/C=C(/C)C(=O)N6)O8)CC4)CC3)C2)c(F)cc2c(=O)c(C(=O)O)cn(C3CC3)c12. The van der Waals surface area contributed by atoms with Crippen LogP contribution in [0, 0.1) is 36.4 Å². The smallest absolute Gasteiger partial charge is 0.341 e. The van der Waals surface area contributed by atoms with Crippen molar-refractivity contribution in [3.05, 3.63) is 86.7 Å². The van der Waals surface area contributed by atoms with Gasteiger partial charge in [-0.3, -0.25) is 24.2 Å². The van der Waals surface area contributed by atoms with Crippen molar-refractivity contribution >= 4 is 62.9 Å². The summed E-state index contributed by atoms with van der Waals surface area (Å²) in [5.41, 5.74) is -1.35. The van der Waals surface area contributed by atoms with Crippen molar-refractivity contribution in [1.29, 1.82) is 0 Å². The number of hydrazone groups is 1. The van der Waals surface area contributed by atoms with Crippen LogP contribution in [0.15, 0.2) is 58.3 Å². The van der Waals surface area contributed by atoms with Crippen molar-refractivity contribution in [2.24, 2.45) is 28.8 Å². The van der Waals surface area contributed by atoms with E-state index in [2.05, 4.69) is 10.6 Å². The number of hydrogen-bond acceptors (Lipinski definition) is 19. The number of carbonyl (C=O) groups excluding carboxylic acids is 3. The van der Waals surface area contributed by atoms with Gasteiger partial charge in [0.25, 0.3) is 11.7 Å². The number of nitrogens with zero attached hydrogens (tertiary/aromatic N) is 4. The molecule has 22 nitrogen and oxygen atoms in total. The number of aromatic hydroxyl groups is 3. The van der Waals surface area contributed by atoms with Crippen LogP contribution >= 0.6 is 0 Å². The number of rotatable bonds is 11. The minimum atomic E-state index is -2.10. The number of halogens is 1. The first kappa shape index (κ1) is 61.4. The first-order valence-corrected chi connectivity index (χ1v) is 29.4. The Balaban J connectivity index is 0.918. The summed E-state index contributed by atoms with van der Waals surface area (Å²) in [7, 11) is 2.85. The molecule has 4 aromatic rings. The van der Waals surface area contributed by atoms with E-state index in [-0.39, 0.29) is 91.3 Å². The molecule has 5 aliphatic heterocycles. The number of aromatic nitrogens is 1. The molecule has 462 valence electrons. The summed E-state index contributed by atoms with van der Waals surface area (Å²) in [5.74, 6) is -9.89. The molecule has 7 aliphatic rings. The molecule has 0 spiro atoms. The van der Waals surface area contributed by atoms with Gasteiger partial charge in [-0.2, -0.15) is 5.10 Å². The third kappa shape index (κ3) is 11.3. The second kappa shape index (κ2) is 23.9. The van der Waals surface area contributed by atoms with Crippen molar-refractivity contribution < 1.29 is 77.9 Å². The number of hydrogen-bond donors (Lipinski definition) is 8. The van der Waals surface area contributed by atoms with E-state index >= 15 is 4.39 Å². The summed E-state index contributed by atoms with van der Waals surface area (Å²) in [6, 6.07) is 1.19. The molecule has 2 saturated carbocycles. The molecule has 1 amide bonds. The number of anilines is 2. The molecular formula is C63H77FN6O16. The molecule has 0 radical (unpaired) electrons. The summed E-state index contributed by atoms with van der Waals surface area (Å²) >= 11 is 0. The number of carbonyl (C=O) groups is 4. The molecule has 9 atom stereocenters. The summed E-state index contributed by atoms with van der Waals surface area (Å²) < 4.78 is 47.6. The van der Waals surface area contributed by atoms with Crippen molar-refractivity contribution in [3.63, 3.8) is 0 Å². The minimum Gasteiger partial charge on any atom is -0.507 e. The number of allylic oxidation sites excluding steroid dienone is 2. The lowest BCUT2D eigenvalue weighted by molar-refractivity contribution is -0.155. The lowest BCUT2D eigenvalue weighted by Crippen LogP contribution is -2.49. The van der Waals surface area contributed by atoms with Gasteiger partial charge in [-0.05, 0) is 76.9 Å². The van der Waals surface area contributed by atoms with Crippen LogP contribution in [0.25, 0.3) is 21.7 Å². The van der Waals surface area contributed by atoms with Crippen LogP contribution in [0.1, 0.15) is 131 Å². The minimum absolute atomic E-state index is 0.0170. The summed E-state index contributed by atoms with van der Waals surface area (Å²) in [5, 5.41) is 81.9. The highest BCUT2D eigenvalue weighted by Crippen LogP contribution is 2.56. The Kier molecular flexibility index (Phi) is 17.0. The summed E-state index contributed by atoms with van der Waals surface area (Å²) in [4.78, 5) is 68.6. The summed E-state index contributed by atoms with van der Waals surface area (Å²) in [6.07, 6.45) is 11.5. The number of piperidine rings is 1. The second-order valence-electron chi connectivity index (χ2n) is 24.3. The Bertz CT molecular complexity index is 3580. The number of esters is 1. The predicted octanol–water partition coefficient (Wildman–Crippen LogP) is 7.45. The Morgan fingerprint density at radius 3 is 2.28 bits per heavy atom. The van der Waals surface area contributed by atoms with E-state index in [1.165, 1.54) is 72.7 Å². The van der Waals surface area contributed by atoms with Crippen molar-refractivity contribution in [1.82, 2.24) is 14.9 Å². The third-order valence-corrected chi connectivity index (χ3v) is 18.6. The van der Waals surface area contributed by atoms with E-state index in [0.29, 0.717) is 44.5 Å². The highest BCUT2D eigenvalue weighted by Gasteiger charge is 2.53. The fourth-order valence-electron chi connectivity index (χ4n) is 13.0. The average molecular weight is 1190 g/mol. The number of aliphatic hydroxyl groups is 2. The molecule has 3 aromatic carbocycles. The van der Waals surface area contributed by atoms with Gasteiger partial charge in [0.15, 0.2) is 17.3 Å². The number of ether oxygens (including phenoxy) is 5. The van der Waals surface area contributed by atoms with Gasteiger partial charge in [0.2, 0.25) is 5.43 Å². The Morgan fingerprint density at radius 1 is 0.930 bits per heavy atom. The number of Topliss-reactive ketones (excluding diaryl/α,β-unsaturated/α-hetero) is 1. The largest absolute Gasteiger partial charge is 0.507 e. The standard InChI is InChI=1S/C63H77FN6O16/c1-30-11-10-12-31(2)60(79)66-48-41(55(76)45-46(56(48)77)53(74)34(5)57-47(45)59(78)62(7,86-57)84-24-18-39(82-8)25-44(85-35(6)71)32(3)52(73)33(4)51(30)72)27-65-69-22-16-37(17-23-69)67-63(19-20-63)36-15-21-68(28-36)50-43(64)26-40-49(58(50)83-9)70(38-13-14-38)29-42(54(40)75)61(80)81/h10-12,18,24,26-27,29-30,32-33,36-39,44,51-52,67,72-74,76-77H,13-17,19-23,25,28H2,1-9H3,(H,66,79)(H,80,81)/b11-10+,24-18+,31-12-,65-27+/t30-,32-,33+,36?,39-,44+,51-,52-,62-/m0/s1. The number of aliphatic hydroxyl groups excluding tert-OH is 2. The van der Waals surface area contributed by atoms with Crippen molar-refractivity contribution in [3.8, 4) is 28.7 Å². The van der Waals surface area contributed by atoms with E-state index in [4.69, 9.17) is 28.8 Å². The first-order valence-electron chi connectivity index (χ1n) is 29.4. The summed E-state index contributed by atoms with van der Waals surface area (Å²) in [6.45, 7) is 12.6. The molecular weight excluding hydrogens is 1120 g/mol. The zero-order valence-corrected chi connectivity index (χ0v) is 49.8. The molecule has 2 saturated heterocycles. The lowest BCUT2D eigenvalue weighted by Gasteiger charge is -2.35. The maximum atomic E-state index is 16.3. The van der Waals surface area contributed by atoms with Crippen LogP contribution in [0.5, 0.6) is 28.7 Å². The predicted molar refractivity (Wildman–Crippen MR) is 317 cm³/mol. The number of phenolic OH excluding ortho intramolecular Hbond substituents is 3. The van der Waals surface area contributed by atoms with E-state index in [9.17, 15) is 54.6 Å². The van der Waals surface area contributed by atoms with Crippen LogP contribution in [-0.4, -0.2) is 152 Å². The number of fused-ring (bicyclic) bond motifs is 15. The maximum Gasteiger partial charge on any atom is 0.341 e. The van der Waals surface area contributed by atoms with Gasteiger partial charge in [0.1, 0.15) is 34.6 Å². The number of amides is 1. The van der Waals surface area contributed by atoms with E-state index < -0.39 is 106 Å². The normalized spacial score (nSPS) is 28.8. The van der Waals surface area contributed by atoms with Gasteiger partial charge >= 0.3 is 17.7 Å². The van der Waals surface area contributed by atoms with Crippen LogP contribution < -0.4 is 30.4 Å². The van der Waals surface area contributed by atoms with Crippen LogP contribution in [0.2, 0.25) is 0 Å². The third-order valence-electron chi connectivity index (χ3n) is 18.6. The van der Waals surface area contributed by atoms with E-state index in [1.54, 1.807) is 42.5 Å².